The van der Waals surface area contributed by atoms with Gasteiger partial charge in [0.2, 0.25) is 0 Å². The number of H-pyrrole nitrogens is 1. The van der Waals surface area contributed by atoms with Gasteiger partial charge in [0, 0.05) is 23.7 Å². The number of hydrogen-bond acceptors (Lipinski definition) is 3. The molecule has 6 heteroatoms. The number of aromatic nitrogens is 5. The summed E-state index contributed by atoms with van der Waals surface area (Å²) in [5.41, 5.74) is 5.51. The second-order valence-electron chi connectivity index (χ2n) is 5.08. The van der Waals surface area contributed by atoms with E-state index in [1.54, 1.807) is 6.20 Å². The second kappa shape index (κ2) is 4.30. The van der Waals surface area contributed by atoms with Crippen LogP contribution in [0, 0.1) is 6.92 Å². The Morgan fingerprint density at radius 3 is 2.95 bits per heavy atom. The molecule has 3 heterocycles. The third kappa shape index (κ3) is 1.81. The van der Waals surface area contributed by atoms with Crippen LogP contribution in [0.3, 0.4) is 0 Å². The van der Waals surface area contributed by atoms with E-state index in [1.807, 2.05) is 42.9 Å². The minimum Gasteiger partial charge on any atom is -0.276 e. The Morgan fingerprint density at radius 1 is 1.24 bits per heavy atom. The minimum atomic E-state index is 0.641. The summed E-state index contributed by atoms with van der Waals surface area (Å²) in [5, 5.41) is 13.1. The molecule has 0 aliphatic heterocycles. The third-order valence-electron chi connectivity index (χ3n) is 3.59. The zero-order valence-electron chi connectivity index (χ0n) is 11.6. The van der Waals surface area contributed by atoms with Gasteiger partial charge in [0.05, 0.1) is 22.4 Å². The van der Waals surface area contributed by atoms with Crippen LogP contribution in [0.1, 0.15) is 5.69 Å². The lowest BCUT2D eigenvalue weighted by Crippen LogP contribution is -1.94. The lowest BCUT2D eigenvalue weighted by Gasteiger charge is -2.04. The number of rotatable bonds is 1. The van der Waals surface area contributed by atoms with Crippen LogP contribution in [0.15, 0.2) is 30.5 Å². The standard InChI is InChI=1S/C15H12ClN5/c1-8-3-4-12-14(18-8)15(21(2)20-12)9-5-10-7-17-19-13(10)11(16)6-9/h3-7H,1-2H3,(H,17,19). The molecule has 104 valence electrons. The van der Waals surface area contributed by atoms with Crippen molar-refractivity contribution in [3.8, 4) is 11.3 Å². The maximum atomic E-state index is 6.33. The Balaban J connectivity index is 2.07. The van der Waals surface area contributed by atoms with Gasteiger partial charge in [-0.1, -0.05) is 11.6 Å². The van der Waals surface area contributed by atoms with E-state index in [4.69, 9.17) is 11.6 Å². The van der Waals surface area contributed by atoms with Crippen molar-refractivity contribution in [1.82, 2.24) is 25.0 Å². The van der Waals surface area contributed by atoms with Crippen molar-refractivity contribution in [2.24, 2.45) is 7.05 Å². The Labute approximate surface area is 125 Å². The van der Waals surface area contributed by atoms with E-state index in [-0.39, 0.29) is 0 Å². The lowest BCUT2D eigenvalue weighted by atomic mass is 10.1. The van der Waals surface area contributed by atoms with Crippen LogP contribution in [0.2, 0.25) is 5.02 Å². The van der Waals surface area contributed by atoms with Gasteiger partial charge in [0.25, 0.3) is 0 Å². The fourth-order valence-corrected chi connectivity index (χ4v) is 2.91. The topological polar surface area (TPSA) is 59.4 Å². The summed E-state index contributed by atoms with van der Waals surface area (Å²) < 4.78 is 1.84. The number of hydrogen-bond donors (Lipinski definition) is 1. The van der Waals surface area contributed by atoms with Gasteiger partial charge < -0.3 is 0 Å². The maximum absolute atomic E-state index is 6.33. The van der Waals surface area contributed by atoms with Gasteiger partial charge in [0.1, 0.15) is 11.0 Å². The molecule has 4 rings (SSSR count). The first-order valence-corrected chi connectivity index (χ1v) is 6.94. The zero-order valence-corrected chi connectivity index (χ0v) is 12.3. The highest BCUT2D eigenvalue weighted by Crippen LogP contribution is 2.32. The SMILES string of the molecule is Cc1ccc2nn(C)c(-c3cc(Cl)c4[nH]ncc4c3)c2n1. The van der Waals surface area contributed by atoms with Crippen LogP contribution in [0.5, 0.6) is 0 Å². The molecule has 0 spiro atoms. The molecule has 0 aliphatic carbocycles. The first-order valence-electron chi connectivity index (χ1n) is 6.57. The summed E-state index contributed by atoms with van der Waals surface area (Å²) in [5.74, 6) is 0. The second-order valence-corrected chi connectivity index (χ2v) is 5.49. The van der Waals surface area contributed by atoms with Crippen molar-refractivity contribution in [3.05, 3.63) is 41.2 Å². The molecule has 3 aromatic heterocycles. The summed E-state index contributed by atoms with van der Waals surface area (Å²) in [4.78, 5) is 4.62. The molecule has 0 atom stereocenters. The van der Waals surface area contributed by atoms with Crippen molar-refractivity contribution in [2.75, 3.05) is 0 Å². The number of aromatic amines is 1. The first-order chi connectivity index (χ1) is 10.1. The van der Waals surface area contributed by atoms with Gasteiger partial charge in [-0.15, -0.1) is 0 Å². The van der Waals surface area contributed by atoms with E-state index < -0.39 is 0 Å². The van der Waals surface area contributed by atoms with E-state index in [2.05, 4.69) is 20.3 Å². The van der Waals surface area contributed by atoms with Crippen LogP contribution in [0.4, 0.5) is 0 Å². The molecule has 0 aliphatic rings. The van der Waals surface area contributed by atoms with Crippen molar-refractivity contribution < 1.29 is 0 Å². The van der Waals surface area contributed by atoms with Gasteiger partial charge in [-0.3, -0.25) is 9.78 Å². The van der Waals surface area contributed by atoms with E-state index in [0.717, 1.165) is 38.9 Å². The predicted molar refractivity (Wildman–Crippen MR) is 83.3 cm³/mol. The Kier molecular flexibility index (Phi) is 2.53. The van der Waals surface area contributed by atoms with Gasteiger partial charge in [-0.05, 0) is 31.2 Å². The van der Waals surface area contributed by atoms with E-state index >= 15 is 0 Å². The molecule has 4 aromatic rings. The number of aryl methyl sites for hydroxylation is 2. The molecule has 0 amide bonds. The fourth-order valence-electron chi connectivity index (χ4n) is 2.64. The van der Waals surface area contributed by atoms with Gasteiger partial charge in [0.15, 0.2) is 0 Å². The molecule has 0 unspecified atom stereocenters. The minimum absolute atomic E-state index is 0.641. The molecule has 21 heavy (non-hydrogen) atoms. The monoisotopic (exact) mass is 297 g/mol. The summed E-state index contributed by atoms with van der Waals surface area (Å²) >= 11 is 6.33. The first kappa shape index (κ1) is 12.3. The predicted octanol–water partition coefficient (Wildman–Crippen LogP) is 3.47. The lowest BCUT2D eigenvalue weighted by molar-refractivity contribution is 0.788. The quantitative estimate of drug-likeness (QED) is 0.585. The number of pyridine rings is 1. The molecule has 1 N–H and O–H groups in total. The molecular weight excluding hydrogens is 286 g/mol. The molecule has 0 bridgehead atoms. The Bertz CT molecular complexity index is 982. The summed E-state index contributed by atoms with van der Waals surface area (Å²) in [6.45, 7) is 1.97. The van der Waals surface area contributed by atoms with Gasteiger partial charge >= 0.3 is 0 Å². The summed E-state index contributed by atoms with van der Waals surface area (Å²) in [6.07, 6.45) is 1.77. The summed E-state index contributed by atoms with van der Waals surface area (Å²) in [6, 6.07) is 7.91. The summed E-state index contributed by atoms with van der Waals surface area (Å²) in [7, 11) is 1.92. The number of nitrogens with zero attached hydrogens (tertiary/aromatic N) is 4. The van der Waals surface area contributed by atoms with Crippen molar-refractivity contribution in [2.45, 2.75) is 6.92 Å². The number of fused-ring (bicyclic) bond motifs is 2. The molecule has 0 saturated heterocycles. The maximum Gasteiger partial charge on any atom is 0.117 e. The van der Waals surface area contributed by atoms with Gasteiger partial charge in [-0.25, -0.2) is 4.98 Å². The van der Waals surface area contributed by atoms with Crippen LogP contribution in [-0.4, -0.2) is 25.0 Å². The highest BCUT2D eigenvalue weighted by atomic mass is 35.5. The van der Waals surface area contributed by atoms with Crippen molar-refractivity contribution in [3.63, 3.8) is 0 Å². The van der Waals surface area contributed by atoms with Crippen LogP contribution < -0.4 is 0 Å². The van der Waals surface area contributed by atoms with E-state index in [0.29, 0.717) is 5.02 Å². The Hall–Kier alpha value is -2.40. The largest absolute Gasteiger partial charge is 0.276 e. The fraction of sp³-hybridized carbons (Fsp3) is 0.133. The van der Waals surface area contributed by atoms with Crippen LogP contribution in [-0.2, 0) is 7.05 Å². The van der Waals surface area contributed by atoms with E-state index in [9.17, 15) is 0 Å². The smallest absolute Gasteiger partial charge is 0.117 e. The Morgan fingerprint density at radius 2 is 2.10 bits per heavy atom. The molecule has 1 aromatic carbocycles. The van der Waals surface area contributed by atoms with Gasteiger partial charge in [-0.2, -0.15) is 10.2 Å². The molecule has 0 radical (unpaired) electrons. The van der Waals surface area contributed by atoms with Crippen molar-refractivity contribution in [1.29, 1.82) is 0 Å². The highest BCUT2D eigenvalue weighted by Gasteiger charge is 2.15. The van der Waals surface area contributed by atoms with Crippen molar-refractivity contribution >= 4 is 33.5 Å². The number of nitrogens with one attached hydrogen (secondary N) is 1. The normalized spacial score (nSPS) is 11.6. The van der Waals surface area contributed by atoms with E-state index in [1.165, 1.54) is 0 Å². The third-order valence-corrected chi connectivity index (χ3v) is 3.89. The average molecular weight is 298 g/mol. The molecule has 0 saturated carbocycles. The average Bonchev–Trinajstić information content (AvgIpc) is 3.02. The molecule has 0 fully saturated rings. The zero-order chi connectivity index (χ0) is 14.6. The highest BCUT2D eigenvalue weighted by molar-refractivity contribution is 6.35. The molecule has 5 nitrogen and oxygen atoms in total. The van der Waals surface area contributed by atoms with Crippen LogP contribution >= 0.6 is 11.6 Å². The number of halogens is 1. The molecular formula is C15H12ClN5. The van der Waals surface area contributed by atoms with Crippen LogP contribution in [0.25, 0.3) is 33.2 Å². The number of benzene rings is 1.